The Morgan fingerprint density at radius 3 is 1.90 bits per heavy atom. The molecule has 0 aliphatic rings. The van der Waals surface area contributed by atoms with Crippen LogP contribution in [0, 0.1) is 0 Å². The summed E-state index contributed by atoms with van der Waals surface area (Å²) in [5, 5.41) is 0. The zero-order valence-electron chi connectivity index (χ0n) is 11.1. The monoisotopic (exact) mass is 296 g/mol. The molecule has 0 aliphatic carbocycles. The number of rotatable bonds is 4. The average molecular weight is 296 g/mol. The van der Waals surface area contributed by atoms with Gasteiger partial charge in [0.1, 0.15) is 0 Å². The molecule has 0 radical (unpaired) electrons. The topological polar surface area (TPSA) is 0 Å². The molecule has 0 fully saturated rings. The van der Waals surface area contributed by atoms with Gasteiger partial charge in [-0.1, -0.05) is 31.2 Å². The van der Waals surface area contributed by atoms with Crippen molar-refractivity contribution in [2.75, 3.05) is 0 Å². The van der Waals surface area contributed by atoms with Crippen LogP contribution >= 0.6 is 11.8 Å². The summed E-state index contributed by atoms with van der Waals surface area (Å²) in [5.41, 5.74) is 1.86. The van der Waals surface area contributed by atoms with Crippen molar-refractivity contribution in [3.8, 4) is 0 Å². The first-order chi connectivity index (χ1) is 9.49. The number of alkyl halides is 3. The van der Waals surface area contributed by atoms with Gasteiger partial charge in [0.25, 0.3) is 0 Å². The zero-order chi connectivity index (χ0) is 14.6. The zero-order valence-corrected chi connectivity index (χ0v) is 11.9. The third-order valence-corrected chi connectivity index (χ3v) is 4.10. The predicted molar refractivity (Wildman–Crippen MR) is 76.8 cm³/mol. The minimum atomic E-state index is -4.26. The molecule has 0 aliphatic heterocycles. The molecule has 0 atom stereocenters. The lowest BCUT2D eigenvalue weighted by molar-refractivity contribution is -0.137. The minimum Gasteiger partial charge on any atom is -0.166 e. The lowest BCUT2D eigenvalue weighted by Gasteiger charge is -2.07. The van der Waals surface area contributed by atoms with Gasteiger partial charge in [0.2, 0.25) is 0 Å². The van der Waals surface area contributed by atoms with Crippen LogP contribution in [0.5, 0.6) is 0 Å². The summed E-state index contributed by atoms with van der Waals surface area (Å²) in [6.07, 6.45) is -3.26. The lowest BCUT2D eigenvalue weighted by Crippen LogP contribution is -2.03. The van der Waals surface area contributed by atoms with E-state index >= 15 is 0 Å². The van der Waals surface area contributed by atoms with Crippen molar-refractivity contribution in [3.05, 3.63) is 65.2 Å². The first kappa shape index (κ1) is 15.0. The molecule has 0 spiro atoms. The molecule has 2 aromatic carbocycles. The fraction of sp³-hybridized carbons (Fsp3) is 0.250. The number of thioether (sulfide) groups is 1. The smallest absolute Gasteiger partial charge is 0.166 e. The Hall–Kier alpha value is -1.42. The largest absolute Gasteiger partial charge is 0.416 e. The van der Waals surface area contributed by atoms with Crippen LogP contribution in [0.1, 0.15) is 23.6 Å². The lowest BCUT2D eigenvalue weighted by atomic mass is 10.1. The van der Waals surface area contributed by atoms with Crippen molar-refractivity contribution in [1.29, 1.82) is 0 Å². The summed E-state index contributed by atoms with van der Waals surface area (Å²) in [6, 6.07) is 13.6. The van der Waals surface area contributed by atoms with E-state index in [-0.39, 0.29) is 0 Å². The Bertz CT molecular complexity index is 541. The van der Waals surface area contributed by atoms with Crippen LogP contribution in [0.15, 0.2) is 53.4 Å². The molecule has 0 saturated heterocycles. The van der Waals surface area contributed by atoms with E-state index in [0.717, 1.165) is 29.2 Å². The normalized spacial score (nSPS) is 11.6. The van der Waals surface area contributed by atoms with Crippen LogP contribution in [0.2, 0.25) is 0 Å². The van der Waals surface area contributed by atoms with Crippen LogP contribution in [0.3, 0.4) is 0 Å². The fourth-order valence-corrected chi connectivity index (χ4v) is 2.63. The third-order valence-electron chi connectivity index (χ3n) is 3.02. The van der Waals surface area contributed by atoms with Gasteiger partial charge in [0.05, 0.1) is 5.56 Å². The van der Waals surface area contributed by atoms with E-state index in [0.29, 0.717) is 0 Å². The fourth-order valence-electron chi connectivity index (χ4n) is 1.78. The maximum absolute atomic E-state index is 12.4. The second-order valence-corrected chi connectivity index (χ2v) is 5.53. The van der Waals surface area contributed by atoms with E-state index in [1.807, 2.05) is 0 Å². The standard InChI is InChI=1S/C16H15F3S/c1-2-12-3-5-13(6-4-12)11-20-15-9-7-14(8-10-15)16(17,18)19/h3-10H,2,11H2,1H3. The van der Waals surface area contributed by atoms with Gasteiger partial charge >= 0.3 is 6.18 Å². The van der Waals surface area contributed by atoms with Gasteiger partial charge in [-0.15, -0.1) is 11.8 Å². The number of benzene rings is 2. The Labute approximate surface area is 121 Å². The third kappa shape index (κ3) is 4.04. The summed E-state index contributed by atoms with van der Waals surface area (Å²) in [7, 11) is 0. The molecule has 106 valence electrons. The van der Waals surface area contributed by atoms with E-state index < -0.39 is 11.7 Å². The van der Waals surface area contributed by atoms with Crippen LogP contribution in [-0.4, -0.2) is 0 Å². The molecule has 0 heterocycles. The predicted octanol–water partition coefficient (Wildman–Crippen LogP) is 5.56. The van der Waals surface area contributed by atoms with Gasteiger partial charge in [-0.25, -0.2) is 0 Å². The molecule has 0 saturated carbocycles. The second-order valence-electron chi connectivity index (χ2n) is 4.48. The highest BCUT2D eigenvalue weighted by molar-refractivity contribution is 7.98. The van der Waals surface area contributed by atoms with E-state index in [2.05, 4.69) is 31.2 Å². The number of halogens is 3. The average Bonchev–Trinajstić information content (AvgIpc) is 2.45. The molecule has 0 unspecified atom stereocenters. The number of hydrogen-bond acceptors (Lipinski definition) is 1. The van der Waals surface area contributed by atoms with Crippen molar-refractivity contribution < 1.29 is 13.2 Å². The van der Waals surface area contributed by atoms with Crippen LogP contribution in [0.25, 0.3) is 0 Å². The van der Waals surface area contributed by atoms with Crippen LogP contribution in [-0.2, 0) is 18.3 Å². The molecule has 0 nitrogen and oxygen atoms in total. The number of hydrogen-bond donors (Lipinski definition) is 0. The van der Waals surface area contributed by atoms with Crippen molar-refractivity contribution in [2.45, 2.75) is 30.2 Å². The van der Waals surface area contributed by atoms with Crippen LogP contribution in [0.4, 0.5) is 13.2 Å². The summed E-state index contributed by atoms with van der Waals surface area (Å²) < 4.78 is 37.3. The number of aryl methyl sites for hydroxylation is 1. The highest BCUT2D eigenvalue weighted by Gasteiger charge is 2.29. The first-order valence-electron chi connectivity index (χ1n) is 6.37. The second kappa shape index (κ2) is 6.35. The molecule has 4 heteroatoms. The summed E-state index contributed by atoms with van der Waals surface area (Å²) in [4.78, 5) is 0.845. The summed E-state index contributed by atoms with van der Waals surface area (Å²) in [5.74, 6) is 0.759. The van der Waals surface area contributed by atoms with Gasteiger partial charge in [0.15, 0.2) is 0 Å². The van der Waals surface area contributed by atoms with Gasteiger partial charge in [-0.2, -0.15) is 13.2 Å². The van der Waals surface area contributed by atoms with Crippen molar-refractivity contribution in [1.82, 2.24) is 0 Å². The van der Waals surface area contributed by atoms with Gasteiger partial charge < -0.3 is 0 Å². The van der Waals surface area contributed by atoms with Crippen LogP contribution < -0.4 is 0 Å². The first-order valence-corrected chi connectivity index (χ1v) is 7.35. The molecule has 0 aromatic heterocycles. The van der Waals surface area contributed by atoms with Gasteiger partial charge in [0, 0.05) is 10.6 Å². The Balaban J connectivity index is 1.96. The molecular weight excluding hydrogens is 281 g/mol. The molecular formula is C16H15F3S. The molecule has 2 aromatic rings. The van der Waals surface area contributed by atoms with E-state index in [9.17, 15) is 13.2 Å². The van der Waals surface area contributed by atoms with Crippen molar-refractivity contribution in [2.24, 2.45) is 0 Å². The maximum Gasteiger partial charge on any atom is 0.416 e. The summed E-state index contributed by atoms with van der Waals surface area (Å²) in [6.45, 7) is 2.10. The molecule has 0 amide bonds. The molecule has 20 heavy (non-hydrogen) atoms. The quantitative estimate of drug-likeness (QED) is 0.666. The maximum atomic E-state index is 12.4. The van der Waals surface area contributed by atoms with Gasteiger partial charge in [-0.05, 0) is 41.8 Å². The molecule has 0 bridgehead atoms. The van der Waals surface area contributed by atoms with Crippen molar-refractivity contribution in [3.63, 3.8) is 0 Å². The SMILES string of the molecule is CCc1ccc(CSc2ccc(C(F)(F)F)cc2)cc1. The Kier molecular flexibility index (Phi) is 4.76. The van der Waals surface area contributed by atoms with E-state index in [1.54, 1.807) is 0 Å². The highest BCUT2D eigenvalue weighted by Crippen LogP contribution is 2.31. The van der Waals surface area contributed by atoms with Crippen molar-refractivity contribution >= 4 is 11.8 Å². The summed E-state index contributed by atoms with van der Waals surface area (Å²) >= 11 is 1.54. The highest BCUT2D eigenvalue weighted by atomic mass is 32.2. The minimum absolute atomic E-state index is 0.603. The van der Waals surface area contributed by atoms with E-state index in [4.69, 9.17) is 0 Å². The Morgan fingerprint density at radius 1 is 0.850 bits per heavy atom. The van der Waals surface area contributed by atoms with E-state index in [1.165, 1.54) is 35.0 Å². The van der Waals surface area contributed by atoms with Gasteiger partial charge in [-0.3, -0.25) is 0 Å². The molecule has 0 N–H and O–H groups in total. The molecule has 2 rings (SSSR count). The Morgan fingerprint density at radius 2 is 1.40 bits per heavy atom.